The van der Waals surface area contributed by atoms with Gasteiger partial charge in [0, 0.05) is 18.0 Å². The Bertz CT molecular complexity index is 536. The van der Waals surface area contributed by atoms with Crippen LogP contribution in [0.2, 0.25) is 5.02 Å². The zero-order chi connectivity index (χ0) is 13.1. The second-order valence-corrected chi connectivity index (χ2v) is 5.33. The number of benzene rings is 1. The molecule has 2 heterocycles. The maximum Gasteiger partial charge on any atom is 0.231 e. The highest BCUT2D eigenvalue weighted by atomic mass is 35.5. The highest BCUT2D eigenvalue weighted by Crippen LogP contribution is 2.22. The molecule has 1 fully saturated rings. The lowest BCUT2D eigenvalue weighted by molar-refractivity contribution is 0.320. The summed E-state index contributed by atoms with van der Waals surface area (Å²) in [4.78, 5) is 4.50. The summed E-state index contributed by atoms with van der Waals surface area (Å²) >= 11 is 5.86. The van der Waals surface area contributed by atoms with Crippen molar-refractivity contribution in [3.8, 4) is 0 Å². The van der Waals surface area contributed by atoms with Crippen molar-refractivity contribution in [3.05, 3.63) is 46.6 Å². The molecule has 0 saturated carbocycles. The Morgan fingerprint density at radius 3 is 2.80 bits per heavy atom. The molecule has 1 aliphatic rings. The minimum Gasteiger partial charge on any atom is -0.339 e. The van der Waals surface area contributed by atoms with Crippen LogP contribution in [0.3, 0.4) is 0 Å². The van der Waals surface area contributed by atoms with Gasteiger partial charge in [0.25, 0.3) is 0 Å². The van der Waals surface area contributed by atoms with Crippen molar-refractivity contribution in [2.75, 3.05) is 13.1 Å². The molecule has 1 N–H and O–H groups in total. The van der Waals surface area contributed by atoms with Crippen molar-refractivity contribution in [3.63, 3.8) is 0 Å². The normalized spacial score (nSPS) is 18.6. The van der Waals surface area contributed by atoms with Crippen molar-refractivity contribution < 1.29 is 4.52 Å². The molecule has 20 heavy (non-hydrogen) atoms. The number of hydrogen-bond acceptors (Lipinski definition) is 4. The summed E-state index contributed by atoms with van der Waals surface area (Å²) in [6.45, 7) is 2.02. The molecule has 1 unspecified atom stereocenters. The molecule has 0 spiro atoms. The summed E-state index contributed by atoms with van der Waals surface area (Å²) in [5.41, 5.74) is 1.14. The molecule has 2 aromatic rings. The molecule has 0 bridgehead atoms. The van der Waals surface area contributed by atoms with Crippen molar-refractivity contribution >= 4 is 24.0 Å². The van der Waals surface area contributed by atoms with Crippen LogP contribution in [0.25, 0.3) is 0 Å². The summed E-state index contributed by atoms with van der Waals surface area (Å²) in [6.07, 6.45) is 2.97. The molecule has 1 atom stereocenters. The minimum absolute atomic E-state index is 0. The molecule has 0 aliphatic carbocycles. The summed E-state index contributed by atoms with van der Waals surface area (Å²) in [7, 11) is 0. The van der Waals surface area contributed by atoms with Crippen LogP contribution in [0.5, 0.6) is 0 Å². The maximum atomic E-state index is 5.86. The Balaban J connectivity index is 0.00000147. The fourth-order valence-corrected chi connectivity index (χ4v) is 2.48. The standard InChI is InChI=1S/C14H16ClN3O.ClH/c15-12-5-3-10(4-6-12)8-13-17-14(19-18-13)11-2-1-7-16-9-11;/h3-6,11,16H,1-2,7-9H2;1H. The second-order valence-electron chi connectivity index (χ2n) is 4.90. The van der Waals surface area contributed by atoms with Gasteiger partial charge in [-0.1, -0.05) is 28.9 Å². The molecule has 6 heteroatoms. The van der Waals surface area contributed by atoms with Gasteiger partial charge >= 0.3 is 0 Å². The van der Waals surface area contributed by atoms with E-state index in [9.17, 15) is 0 Å². The Labute approximate surface area is 129 Å². The lowest BCUT2D eigenvalue weighted by Crippen LogP contribution is -2.28. The van der Waals surface area contributed by atoms with E-state index in [1.165, 1.54) is 6.42 Å². The van der Waals surface area contributed by atoms with E-state index in [-0.39, 0.29) is 12.4 Å². The molecule has 1 saturated heterocycles. The average molecular weight is 314 g/mol. The van der Waals surface area contributed by atoms with Gasteiger partial charge in [-0.25, -0.2) is 0 Å². The number of nitrogens with zero attached hydrogens (tertiary/aromatic N) is 2. The number of piperidine rings is 1. The second kappa shape index (κ2) is 7.07. The number of rotatable bonds is 3. The summed E-state index contributed by atoms with van der Waals surface area (Å²) in [5, 5.41) is 8.16. The first kappa shape index (κ1) is 15.3. The van der Waals surface area contributed by atoms with Gasteiger partial charge in [0.15, 0.2) is 5.82 Å². The van der Waals surface area contributed by atoms with Crippen LogP contribution in [-0.2, 0) is 6.42 Å². The van der Waals surface area contributed by atoms with Crippen LogP contribution < -0.4 is 5.32 Å². The van der Waals surface area contributed by atoms with E-state index in [0.29, 0.717) is 12.3 Å². The Kier molecular flexibility index (Phi) is 5.40. The lowest BCUT2D eigenvalue weighted by Gasteiger charge is -2.18. The first-order valence-corrected chi connectivity index (χ1v) is 6.97. The van der Waals surface area contributed by atoms with Gasteiger partial charge in [0.2, 0.25) is 5.89 Å². The maximum absolute atomic E-state index is 5.86. The number of hydrogen-bond donors (Lipinski definition) is 1. The van der Waals surface area contributed by atoms with E-state index in [4.69, 9.17) is 16.1 Å². The molecule has 1 aromatic heterocycles. The molecular formula is C14H17Cl2N3O. The fraction of sp³-hybridized carbons (Fsp3) is 0.429. The van der Waals surface area contributed by atoms with Crippen LogP contribution in [0.4, 0.5) is 0 Å². The summed E-state index contributed by atoms with van der Waals surface area (Å²) < 4.78 is 5.37. The molecular weight excluding hydrogens is 297 g/mol. The van der Waals surface area contributed by atoms with E-state index < -0.39 is 0 Å². The van der Waals surface area contributed by atoms with Crippen LogP contribution >= 0.6 is 24.0 Å². The van der Waals surface area contributed by atoms with E-state index >= 15 is 0 Å². The van der Waals surface area contributed by atoms with E-state index in [1.807, 2.05) is 24.3 Å². The third-order valence-electron chi connectivity index (χ3n) is 3.41. The molecule has 3 rings (SSSR count). The molecule has 0 amide bonds. The van der Waals surface area contributed by atoms with Crippen LogP contribution in [0.15, 0.2) is 28.8 Å². The largest absolute Gasteiger partial charge is 0.339 e. The van der Waals surface area contributed by atoms with Crippen molar-refractivity contribution in [1.29, 1.82) is 0 Å². The van der Waals surface area contributed by atoms with Gasteiger partial charge in [-0.3, -0.25) is 0 Å². The quantitative estimate of drug-likeness (QED) is 0.945. The average Bonchev–Trinajstić information content (AvgIpc) is 2.91. The third-order valence-corrected chi connectivity index (χ3v) is 3.66. The lowest BCUT2D eigenvalue weighted by atomic mass is 10.00. The van der Waals surface area contributed by atoms with Crippen molar-refractivity contribution in [1.82, 2.24) is 15.5 Å². The van der Waals surface area contributed by atoms with Gasteiger partial charge in [-0.2, -0.15) is 4.98 Å². The Morgan fingerprint density at radius 1 is 1.30 bits per heavy atom. The van der Waals surface area contributed by atoms with Crippen molar-refractivity contribution in [2.24, 2.45) is 0 Å². The zero-order valence-corrected chi connectivity index (χ0v) is 12.6. The predicted octanol–water partition coefficient (Wildman–Crippen LogP) is 3.20. The first-order valence-electron chi connectivity index (χ1n) is 6.59. The SMILES string of the molecule is Cl.Clc1ccc(Cc2noc(C3CCCNC3)n2)cc1. The molecule has 108 valence electrons. The van der Waals surface area contributed by atoms with Crippen LogP contribution in [0, 0.1) is 0 Å². The Hall–Kier alpha value is -1.10. The first-order chi connectivity index (χ1) is 9.31. The van der Waals surface area contributed by atoms with E-state index in [2.05, 4.69) is 15.5 Å². The molecule has 0 radical (unpaired) electrons. The summed E-state index contributed by atoms with van der Waals surface area (Å²) in [6, 6.07) is 7.73. The predicted molar refractivity (Wildman–Crippen MR) is 80.6 cm³/mol. The number of halogens is 2. The van der Waals surface area contributed by atoms with Crippen LogP contribution in [0.1, 0.15) is 36.0 Å². The van der Waals surface area contributed by atoms with Gasteiger partial charge < -0.3 is 9.84 Å². The van der Waals surface area contributed by atoms with E-state index in [1.54, 1.807) is 0 Å². The smallest absolute Gasteiger partial charge is 0.231 e. The van der Waals surface area contributed by atoms with Gasteiger partial charge in [-0.15, -0.1) is 12.4 Å². The molecule has 1 aromatic carbocycles. The summed E-state index contributed by atoms with van der Waals surface area (Å²) in [5.74, 6) is 1.86. The van der Waals surface area contributed by atoms with Gasteiger partial charge in [-0.05, 0) is 37.1 Å². The van der Waals surface area contributed by atoms with Crippen LogP contribution in [-0.4, -0.2) is 23.2 Å². The topological polar surface area (TPSA) is 51.0 Å². The van der Waals surface area contributed by atoms with Gasteiger partial charge in [0.05, 0.1) is 5.92 Å². The van der Waals surface area contributed by atoms with Gasteiger partial charge in [0.1, 0.15) is 0 Å². The number of aromatic nitrogens is 2. The van der Waals surface area contributed by atoms with Crippen molar-refractivity contribution in [2.45, 2.75) is 25.2 Å². The third kappa shape index (κ3) is 3.72. The Morgan fingerprint density at radius 2 is 2.10 bits per heavy atom. The highest BCUT2D eigenvalue weighted by Gasteiger charge is 2.21. The molecule has 1 aliphatic heterocycles. The monoisotopic (exact) mass is 313 g/mol. The fourth-order valence-electron chi connectivity index (χ4n) is 2.35. The number of nitrogens with one attached hydrogen (secondary N) is 1. The molecule has 4 nitrogen and oxygen atoms in total. The zero-order valence-electron chi connectivity index (χ0n) is 11.0. The highest BCUT2D eigenvalue weighted by molar-refractivity contribution is 6.30. The minimum atomic E-state index is 0. The van der Waals surface area contributed by atoms with E-state index in [0.717, 1.165) is 41.8 Å².